The summed E-state index contributed by atoms with van der Waals surface area (Å²) in [6.45, 7) is 2.08. The summed E-state index contributed by atoms with van der Waals surface area (Å²) in [6.07, 6.45) is 0. The van der Waals surface area contributed by atoms with Gasteiger partial charge in [-0.05, 0) is 30.2 Å². The minimum Gasteiger partial charge on any atom is -0.495 e. The molecule has 82 valence electrons. The van der Waals surface area contributed by atoms with Crippen molar-refractivity contribution < 1.29 is 4.74 Å². The standard InChI is InChI=1S/C14H15NO/c1-10-4-3-5-11(8-10)12-6-7-13(15)14(9-12)16-2/h3-9H,15H2,1-2H3. The van der Waals surface area contributed by atoms with Crippen molar-refractivity contribution in [1.82, 2.24) is 0 Å². The van der Waals surface area contributed by atoms with E-state index in [-0.39, 0.29) is 0 Å². The van der Waals surface area contributed by atoms with Crippen molar-refractivity contribution in [1.29, 1.82) is 0 Å². The summed E-state index contributed by atoms with van der Waals surface area (Å²) in [5, 5.41) is 0. The maximum atomic E-state index is 5.78. The molecule has 2 aromatic carbocycles. The molecule has 2 rings (SSSR count). The number of hydrogen-bond donors (Lipinski definition) is 1. The number of methoxy groups -OCH3 is 1. The van der Waals surface area contributed by atoms with Crippen molar-refractivity contribution in [3.8, 4) is 16.9 Å². The highest BCUT2D eigenvalue weighted by Crippen LogP contribution is 2.28. The highest BCUT2D eigenvalue weighted by molar-refractivity contribution is 5.70. The lowest BCUT2D eigenvalue weighted by atomic mass is 10.0. The van der Waals surface area contributed by atoms with Crippen LogP contribution in [0.15, 0.2) is 42.5 Å². The Morgan fingerprint density at radius 1 is 1.00 bits per heavy atom. The van der Waals surface area contributed by atoms with E-state index >= 15 is 0 Å². The third-order valence-electron chi connectivity index (χ3n) is 2.58. The molecular formula is C14H15NO. The van der Waals surface area contributed by atoms with Gasteiger partial charge in [-0.25, -0.2) is 0 Å². The SMILES string of the molecule is COc1cc(-c2cccc(C)c2)ccc1N. The Morgan fingerprint density at radius 3 is 2.44 bits per heavy atom. The number of nitrogens with two attached hydrogens (primary N) is 1. The van der Waals surface area contributed by atoms with Gasteiger partial charge in [0.05, 0.1) is 12.8 Å². The number of ether oxygens (including phenoxy) is 1. The number of benzene rings is 2. The molecule has 16 heavy (non-hydrogen) atoms. The Balaban J connectivity index is 2.48. The second-order valence-corrected chi connectivity index (χ2v) is 3.83. The average molecular weight is 213 g/mol. The molecule has 0 aliphatic heterocycles. The lowest BCUT2D eigenvalue weighted by Crippen LogP contribution is -1.92. The van der Waals surface area contributed by atoms with Crippen LogP contribution in [0.5, 0.6) is 5.75 Å². The summed E-state index contributed by atoms with van der Waals surface area (Å²) >= 11 is 0. The molecule has 0 bridgehead atoms. The van der Waals surface area contributed by atoms with E-state index in [1.807, 2.05) is 24.3 Å². The topological polar surface area (TPSA) is 35.2 Å². The van der Waals surface area contributed by atoms with E-state index in [4.69, 9.17) is 10.5 Å². The normalized spacial score (nSPS) is 10.1. The molecule has 0 spiro atoms. The summed E-state index contributed by atoms with van der Waals surface area (Å²) in [4.78, 5) is 0. The van der Waals surface area contributed by atoms with Crippen LogP contribution in [0.25, 0.3) is 11.1 Å². The zero-order chi connectivity index (χ0) is 11.5. The number of rotatable bonds is 2. The van der Waals surface area contributed by atoms with Gasteiger partial charge in [-0.15, -0.1) is 0 Å². The maximum Gasteiger partial charge on any atom is 0.142 e. The molecule has 0 heterocycles. The fourth-order valence-corrected chi connectivity index (χ4v) is 1.72. The Bertz CT molecular complexity index is 506. The van der Waals surface area contributed by atoms with E-state index in [0.717, 1.165) is 11.3 Å². The highest BCUT2D eigenvalue weighted by atomic mass is 16.5. The molecule has 0 radical (unpaired) electrons. The van der Waals surface area contributed by atoms with E-state index in [0.29, 0.717) is 5.69 Å². The lowest BCUT2D eigenvalue weighted by molar-refractivity contribution is 0.417. The number of aryl methyl sites for hydroxylation is 1. The molecule has 2 heteroatoms. The van der Waals surface area contributed by atoms with Crippen LogP contribution >= 0.6 is 0 Å². The minimum atomic E-state index is 0.666. The quantitative estimate of drug-likeness (QED) is 0.777. The molecule has 0 aliphatic carbocycles. The summed E-state index contributed by atoms with van der Waals surface area (Å²) in [7, 11) is 1.63. The second-order valence-electron chi connectivity index (χ2n) is 3.83. The van der Waals surface area contributed by atoms with Gasteiger partial charge in [-0.2, -0.15) is 0 Å². The molecule has 0 amide bonds. The summed E-state index contributed by atoms with van der Waals surface area (Å²) < 4.78 is 5.21. The zero-order valence-electron chi connectivity index (χ0n) is 9.53. The predicted octanol–water partition coefficient (Wildman–Crippen LogP) is 3.25. The molecule has 2 N–H and O–H groups in total. The molecular weight excluding hydrogens is 198 g/mol. The third-order valence-corrected chi connectivity index (χ3v) is 2.58. The lowest BCUT2D eigenvalue weighted by Gasteiger charge is -2.08. The molecule has 0 aromatic heterocycles. The van der Waals surface area contributed by atoms with Crippen LogP contribution in [0.4, 0.5) is 5.69 Å². The van der Waals surface area contributed by atoms with Crippen LogP contribution in [0.2, 0.25) is 0 Å². The van der Waals surface area contributed by atoms with E-state index in [1.165, 1.54) is 11.1 Å². The van der Waals surface area contributed by atoms with Crippen LogP contribution in [0.1, 0.15) is 5.56 Å². The van der Waals surface area contributed by atoms with Crippen LogP contribution in [0, 0.1) is 6.92 Å². The zero-order valence-corrected chi connectivity index (χ0v) is 9.53. The van der Waals surface area contributed by atoms with Gasteiger partial charge in [0.15, 0.2) is 0 Å². The van der Waals surface area contributed by atoms with Gasteiger partial charge >= 0.3 is 0 Å². The van der Waals surface area contributed by atoms with Crippen molar-refractivity contribution in [2.45, 2.75) is 6.92 Å². The predicted molar refractivity (Wildman–Crippen MR) is 67.6 cm³/mol. The number of nitrogen functional groups attached to an aromatic ring is 1. The van der Waals surface area contributed by atoms with Crippen molar-refractivity contribution in [3.63, 3.8) is 0 Å². The first-order chi connectivity index (χ1) is 7.70. The molecule has 2 nitrogen and oxygen atoms in total. The van der Waals surface area contributed by atoms with Gasteiger partial charge in [0.2, 0.25) is 0 Å². The van der Waals surface area contributed by atoms with E-state index < -0.39 is 0 Å². The van der Waals surface area contributed by atoms with E-state index in [1.54, 1.807) is 7.11 Å². The van der Waals surface area contributed by atoms with E-state index in [2.05, 4.69) is 25.1 Å². The molecule has 0 aliphatic rings. The van der Waals surface area contributed by atoms with E-state index in [9.17, 15) is 0 Å². The molecule has 0 atom stereocenters. The Hall–Kier alpha value is -1.96. The Kier molecular flexibility index (Phi) is 2.82. The molecule has 0 unspecified atom stereocenters. The van der Waals surface area contributed by atoms with Gasteiger partial charge < -0.3 is 10.5 Å². The summed E-state index contributed by atoms with van der Waals surface area (Å²) in [5.74, 6) is 0.721. The van der Waals surface area contributed by atoms with Crippen molar-refractivity contribution in [2.75, 3.05) is 12.8 Å². The van der Waals surface area contributed by atoms with Gasteiger partial charge in [-0.1, -0.05) is 35.9 Å². The smallest absolute Gasteiger partial charge is 0.142 e. The molecule has 2 aromatic rings. The van der Waals surface area contributed by atoms with Crippen molar-refractivity contribution in [2.24, 2.45) is 0 Å². The van der Waals surface area contributed by atoms with Crippen LogP contribution in [-0.2, 0) is 0 Å². The minimum absolute atomic E-state index is 0.666. The Labute approximate surface area is 95.7 Å². The largest absolute Gasteiger partial charge is 0.495 e. The van der Waals surface area contributed by atoms with Crippen LogP contribution < -0.4 is 10.5 Å². The molecule has 0 saturated carbocycles. The van der Waals surface area contributed by atoms with Gasteiger partial charge in [0.1, 0.15) is 5.75 Å². The molecule has 0 saturated heterocycles. The van der Waals surface area contributed by atoms with Crippen LogP contribution in [0.3, 0.4) is 0 Å². The number of anilines is 1. The summed E-state index contributed by atoms with van der Waals surface area (Å²) in [5.41, 5.74) is 9.99. The second kappa shape index (κ2) is 4.27. The van der Waals surface area contributed by atoms with Gasteiger partial charge in [0.25, 0.3) is 0 Å². The van der Waals surface area contributed by atoms with Gasteiger partial charge in [-0.3, -0.25) is 0 Å². The average Bonchev–Trinajstić information content (AvgIpc) is 2.29. The monoisotopic (exact) mass is 213 g/mol. The maximum absolute atomic E-state index is 5.78. The molecule has 0 fully saturated rings. The first kappa shape index (κ1) is 10.6. The first-order valence-electron chi connectivity index (χ1n) is 5.21. The third kappa shape index (κ3) is 2.01. The number of hydrogen-bond acceptors (Lipinski definition) is 2. The fraction of sp³-hybridized carbons (Fsp3) is 0.143. The van der Waals surface area contributed by atoms with Crippen LogP contribution in [-0.4, -0.2) is 7.11 Å². The first-order valence-corrected chi connectivity index (χ1v) is 5.21. The fourth-order valence-electron chi connectivity index (χ4n) is 1.72. The van der Waals surface area contributed by atoms with Gasteiger partial charge in [0, 0.05) is 0 Å². The van der Waals surface area contributed by atoms with Crippen molar-refractivity contribution >= 4 is 5.69 Å². The highest BCUT2D eigenvalue weighted by Gasteiger charge is 2.03. The Morgan fingerprint density at radius 2 is 1.75 bits per heavy atom. The summed E-state index contributed by atoms with van der Waals surface area (Å²) in [6, 6.07) is 14.2. The van der Waals surface area contributed by atoms with Crippen molar-refractivity contribution in [3.05, 3.63) is 48.0 Å².